The van der Waals surface area contributed by atoms with Gasteiger partial charge in [-0.2, -0.15) is 0 Å². The second kappa shape index (κ2) is 7.78. The molecule has 1 atom stereocenters. The van der Waals surface area contributed by atoms with Crippen LogP contribution in [0.2, 0.25) is 0 Å². The summed E-state index contributed by atoms with van der Waals surface area (Å²) in [5, 5.41) is 2.87. The van der Waals surface area contributed by atoms with Gasteiger partial charge >= 0.3 is 0 Å². The molecule has 1 aromatic rings. The highest BCUT2D eigenvalue weighted by molar-refractivity contribution is 7.98. The van der Waals surface area contributed by atoms with Gasteiger partial charge in [-0.15, -0.1) is 24.2 Å². The SMILES string of the molecule is CSc1ccc(CNC(=O)[C@@H](N)C(C)(C)C)cc1.Cl. The molecule has 0 aliphatic heterocycles. The van der Waals surface area contributed by atoms with E-state index < -0.39 is 6.04 Å². The number of rotatable bonds is 4. The lowest BCUT2D eigenvalue weighted by atomic mass is 9.87. The smallest absolute Gasteiger partial charge is 0.237 e. The van der Waals surface area contributed by atoms with Crippen LogP contribution in [-0.4, -0.2) is 18.2 Å². The van der Waals surface area contributed by atoms with E-state index in [1.807, 2.05) is 39.2 Å². The van der Waals surface area contributed by atoms with Crippen LogP contribution in [0.15, 0.2) is 29.2 Å². The molecule has 5 heteroatoms. The second-order valence-corrected chi connectivity index (χ2v) is 6.29. The predicted octanol–water partition coefficient (Wildman–Crippen LogP) is 2.82. The number of thioether (sulfide) groups is 1. The van der Waals surface area contributed by atoms with Crippen LogP contribution >= 0.6 is 24.2 Å². The summed E-state index contributed by atoms with van der Waals surface area (Å²) in [5.74, 6) is -0.101. The van der Waals surface area contributed by atoms with E-state index in [0.29, 0.717) is 6.54 Å². The maximum absolute atomic E-state index is 11.8. The fourth-order valence-electron chi connectivity index (χ4n) is 1.44. The van der Waals surface area contributed by atoms with Crippen molar-refractivity contribution in [3.05, 3.63) is 29.8 Å². The van der Waals surface area contributed by atoms with Crippen molar-refractivity contribution in [2.24, 2.45) is 11.1 Å². The zero-order valence-electron chi connectivity index (χ0n) is 11.9. The number of hydrogen-bond donors (Lipinski definition) is 2. The van der Waals surface area contributed by atoms with Crippen LogP contribution < -0.4 is 11.1 Å². The Hall–Kier alpha value is -0.710. The normalized spacial score (nSPS) is 12.5. The average Bonchev–Trinajstić information content (AvgIpc) is 2.34. The van der Waals surface area contributed by atoms with Gasteiger partial charge in [-0.1, -0.05) is 32.9 Å². The van der Waals surface area contributed by atoms with Gasteiger partial charge < -0.3 is 11.1 Å². The third kappa shape index (κ3) is 5.85. The van der Waals surface area contributed by atoms with Crippen molar-refractivity contribution in [2.75, 3.05) is 6.26 Å². The fourth-order valence-corrected chi connectivity index (χ4v) is 1.84. The van der Waals surface area contributed by atoms with Crippen LogP contribution in [0.4, 0.5) is 0 Å². The summed E-state index contributed by atoms with van der Waals surface area (Å²) in [6.07, 6.45) is 2.04. The Morgan fingerprint density at radius 2 is 1.84 bits per heavy atom. The quantitative estimate of drug-likeness (QED) is 0.841. The minimum absolute atomic E-state index is 0. The lowest BCUT2D eigenvalue weighted by molar-refractivity contribution is -0.124. The van der Waals surface area contributed by atoms with Crippen LogP contribution in [0.1, 0.15) is 26.3 Å². The summed E-state index contributed by atoms with van der Waals surface area (Å²) in [5.41, 5.74) is 6.76. The van der Waals surface area contributed by atoms with E-state index >= 15 is 0 Å². The van der Waals surface area contributed by atoms with Crippen molar-refractivity contribution in [3.63, 3.8) is 0 Å². The van der Waals surface area contributed by atoms with E-state index in [9.17, 15) is 4.79 Å². The summed E-state index contributed by atoms with van der Waals surface area (Å²) < 4.78 is 0. The summed E-state index contributed by atoms with van der Waals surface area (Å²) in [6.45, 7) is 6.41. The Balaban J connectivity index is 0.00000324. The molecule has 0 radical (unpaired) electrons. The van der Waals surface area contributed by atoms with Crippen LogP contribution in [0.25, 0.3) is 0 Å². The van der Waals surface area contributed by atoms with Gasteiger partial charge in [0.2, 0.25) is 5.91 Å². The first-order valence-corrected chi connectivity index (χ1v) is 7.23. The molecule has 0 saturated heterocycles. The fraction of sp³-hybridized carbons (Fsp3) is 0.500. The first-order valence-electron chi connectivity index (χ1n) is 6.01. The first-order chi connectivity index (χ1) is 8.34. The van der Waals surface area contributed by atoms with E-state index in [1.165, 1.54) is 4.90 Å². The molecule has 0 spiro atoms. The van der Waals surface area contributed by atoms with Gasteiger partial charge in [0.1, 0.15) is 0 Å². The standard InChI is InChI=1S/C14H22N2OS.ClH/c1-14(2,3)12(15)13(17)16-9-10-5-7-11(18-4)8-6-10;/h5-8,12H,9,15H2,1-4H3,(H,16,17);1H/t12-;/m1./s1. The maximum Gasteiger partial charge on any atom is 0.237 e. The summed E-state index contributed by atoms with van der Waals surface area (Å²) in [7, 11) is 0. The van der Waals surface area contributed by atoms with Crippen LogP contribution in [-0.2, 0) is 11.3 Å². The van der Waals surface area contributed by atoms with Crippen molar-refractivity contribution in [2.45, 2.75) is 38.3 Å². The molecular weight excluding hydrogens is 280 g/mol. The van der Waals surface area contributed by atoms with E-state index in [2.05, 4.69) is 17.4 Å². The first kappa shape index (κ1) is 18.3. The van der Waals surface area contributed by atoms with Gasteiger partial charge in [-0.3, -0.25) is 4.79 Å². The average molecular weight is 303 g/mol. The van der Waals surface area contributed by atoms with Crippen molar-refractivity contribution in [1.29, 1.82) is 0 Å². The minimum atomic E-state index is -0.483. The zero-order valence-corrected chi connectivity index (χ0v) is 13.5. The van der Waals surface area contributed by atoms with E-state index in [1.54, 1.807) is 11.8 Å². The number of hydrogen-bond acceptors (Lipinski definition) is 3. The predicted molar refractivity (Wildman–Crippen MR) is 84.7 cm³/mol. The summed E-state index contributed by atoms with van der Waals surface area (Å²) in [4.78, 5) is 13.1. The molecule has 0 unspecified atom stereocenters. The number of carbonyl (C=O) groups excluding carboxylic acids is 1. The van der Waals surface area contributed by atoms with Gasteiger partial charge in [0.05, 0.1) is 6.04 Å². The minimum Gasteiger partial charge on any atom is -0.351 e. The number of benzene rings is 1. The van der Waals surface area contributed by atoms with Crippen molar-refractivity contribution in [1.82, 2.24) is 5.32 Å². The Kier molecular flexibility index (Phi) is 7.49. The topological polar surface area (TPSA) is 55.1 Å². The second-order valence-electron chi connectivity index (χ2n) is 5.41. The summed E-state index contributed by atoms with van der Waals surface area (Å²) >= 11 is 1.70. The van der Waals surface area contributed by atoms with Gasteiger partial charge in [-0.05, 0) is 29.4 Å². The van der Waals surface area contributed by atoms with Gasteiger partial charge in [-0.25, -0.2) is 0 Å². The Bertz CT molecular complexity index is 401. The third-order valence-electron chi connectivity index (χ3n) is 2.84. The van der Waals surface area contributed by atoms with Crippen LogP contribution in [0.3, 0.4) is 0 Å². The molecule has 1 amide bonds. The van der Waals surface area contributed by atoms with Gasteiger partial charge in [0.25, 0.3) is 0 Å². The Labute approximate surface area is 126 Å². The number of nitrogens with two attached hydrogens (primary N) is 1. The molecule has 0 aliphatic rings. The lowest BCUT2D eigenvalue weighted by Gasteiger charge is -2.25. The molecule has 3 N–H and O–H groups in total. The zero-order chi connectivity index (χ0) is 13.8. The van der Waals surface area contributed by atoms with Crippen molar-refractivity contribution >= 4 is 30.1 Å². The molecular formula is C14H23ClN2OS. The summed E-state index contributed by atoms with van der Waals surface area (Å²) in [6, 6.07) is 7.66. The number of carbonyl (C=O) groups is 1. The number of amides is 1. The van der Waals surface area contributed by atoms with Gasteiger partial charge in [0.15, 0.2) is 0 Å². The lowest BCUT2D eigenvalue weighted by Crippen LogP contribution is -2.48. The molecule has 0 fully saturated rings. The number of halogens is 1. The molecule has 108 valence electrons. The molecule has 0 bridgehead atoms. The Morgan fingerprint density at radius 1 is 1.32 bits per heavy atom. The van der Waals surface area contributed by atoms with Gasteiger partial charge in [0, 0.05) is 11.4 Å². The molecule has 0 aromatic heterocycles. The van der Waals surface area contributed by atoms with Crippen LogP contribution in [0, 0.1) is 5.41 Å². The monoisotopic (exact) mass is 302 g/mol. The van der Waals surface area contributed by atoms with E-state index in [-0.39, 0.29) is 23.7 Å². The van der Waals surface area contributed by atoms with E-state index in [0.717, 1.165) is 5.56 Å². The molecule has 1 aromatic carbocycles. The van der Waals surface area contributed by atoms with Crippen molar-refractivity contribution < 1.29 is 4.79 Å². The highest BCUT2D eigenvalue weighted by atomic mass is 35.5. The molecule has 0 aliphatic carbocycles. The molecule has 1 rings (SSSR count). The molecule has 3 nitrogen and oxygen atoms in total. The largest absolute Gasteiger partial charge is 0.351 e. The molecule has 0 heterocycles. The van der Waals surface area contributed by atoms with E-state index in [4.69, 9.17) is 5.73 Å². The molecule has 19 heavy (non-hydrogen) atoms. The highest BCUT2D eigenvalue weighted by Crippen LogP contribution is 2.18. The maximum atomic E-state index is 11.8. The third-order valence-corrected chi connectivity index (χ3v) is 3.58. The Morgan fingerprint density at radius 3 is 2.26 bits per heavy atom. The number of nitrogens with one attached hydrogen (secondary N) is 1. The molecule has 0 saturated carbocycles. The van der Waals surface area contributed by atoms with Crippen LogP contribution in [0.5, 0.6) is 0 Å². The highest BCUT2D eigenvalue weighted by Gasteiger charge is 2.26. The van der Waals surface area contributed by atoms with Crippen molar-refractivity contribution in [3.8, 4) is 0 Å².